The van der Waals surface area contributed by atoms with Gasteiger partial charge in [0.2, 0.25) is 5.91 Å². The first-order valence-corrected chi connectivity index (χ1v) is 7.08. The summed E-state index contributed by atoms with van der Waals surface area (Å²) in [5.41, 5.74) is 0.990. The van der Waals surface area contributed by atoms with Crippen LogP contribution in [0.25, 0.3) is 0 Å². The van der Waals surface area contributed by atoms with E-state index in [1.807, 2.05) is 0 Å². The largest absolute Gasteiger partial charge is 0.323 e. The number of carbonyl (C=O) groups is 2. The molecule has 0 spiro atoms. The van der Waals surface area contributed by atoms with Gasteiger partial charge in [-0.2, -0.15) is 0 Å². The Hall–Kier alpha value is -2.11. The Morgan fingerprint density at radius 1 is 1.18 bits per heavy atom. The third-order valence-corrected chi connectivity index (χ3v) is 3.86. The summed E-state index contributed by atoms with van der Waals surface area (Å²) in [5, 5.41) is 2.53. The number of anilines is 2. The minimum Gasteiger partial charge on any atom is -0.323 e. The number of halogens is 3. The van der Waals surface area contributed by atoms with E-state index in [2.05, 4.69) is 5.32 Å². The Kier molecular flexibility index (Phi) is 3.76. The highest BCUT2D eigenvalue weighted by Crippen LogP contribution is 2.32. The second kappa shape index (κ2) is 5.59. The molecule has 0 radical (unpaired) electrons. The molecule has 0 atom stereocenters. The number of hydrogen-bond acceptors (Lipinski definition) is 2. The Bertz CT molecular complexity index is 795. The molecule has 2 aromatic carbocycles. The molecule has 7 heteroatoms. The maximum Gasteiger partial charge on any atom is 0.260 e. The first-order valence-electron chi connectivity index (χ1n) is 6.32. The molecule has 1 aliphatic rings. The predicted molar refractivity (Wildman–Crippen MR) is 83.2 cm³/mol. The normalized spacial score (nSPS) is 13.6. The van der Waals surface area contributed by atoms with Crippen molar-refractivity contribution in [2.45, 2.75) is 0 Å². The number of benzene rings is 2. The third-order valence-electron chi connectivity index (χ3n) is 3.26. The van der Waals surface area contributed by atoms with Crippen molar-refractivity contribution in [3.63, 3.8) is 0 Å². The molecule has 1 N–H and O–H groups in total. The van der Waals surface area contributed by atoms with E-state index in [1.165, 1.54) is 11.0 Å². The van der Waals surface area contributed by atoms with Gasteiger partial charge in [-0.3, -0.25) is 14.5 Å². The van der Waals surface area contributed by atoms with Crippen LogP contribution in [-0.2, 0) is 4.79 Å². The van der Waals surface area contributed by atoms with Crippen molar-refractivity contribution in [2.24, 2.45) is 0 Å². The highest BCUT2D eigenvalue weighted by Gasteiger charge is 2.29. The van der Waals surface area contributed by atoms with Crippen molar-refractivity contribution < 1.29 is 14.0 Å². The van der Waals surface area contributed by atoms with Crippen LogP contribution in [0.3, 0.4) is 0 Å². The minimum absolute atomic E-state index is 0.0277. The summed E-state index contributed by atoms with van der Waals surface area (Å²) in [7, 11) is 0. The summed E-state index contributed by atoms with van der Waals surface area (Å²) < 4.78 is 13.6. The van der Waals surface area contributed by atoms with Gasteiger partial charge in [0.1, 0.15) is 12.4 Å². The van der Waals surface area contributed by atoms with Gasteiger partial charge in [0, 0.05) is 0 Å². The van der Waals surface area contributed by atoms with E-state index in [0.717, 1.165) is 6.07 Å². The van der Waals surface area contributed by atoms with Crippen LogP contribution in [0.5, 0.6) is 0 Å². The lowest BCUT2D eigenvalue weighted by Crippen LogP contribution is -2.42. The molecule has 0 fully saturated rings. The van der Waals surface area contributed by atoms with Crippen LogP contribution >= 0.6 is 23.2 Å². The molecule has 0 aliphatic carbocycles. The summed E-state index contributed by atoms with van der Waals surface area (Å²) >= 11 is 11.6. The number of carbonyl (C=O) groups excluding carboxylic acids is 2. The van der Waals surface area contributed by atoms with Crippen LogP contribution in [0.4, 0.5) is 15.8 Å². The fourth-order valence-corrected chi connectivity index (χ4v) is 2.71. The lowest BCUT2D eigenvalue weighted by atomic mass is 10.1. The van der Waals surface area contributed by atoms with Crippen molar-refractivity contribution in [1.82, 2.24) is 0 Å². The fraction of sp³-hybridized carbons (Fsp3) is 0.0667. The number of nitrogens with zero attached hydrogens (tertiary/aromatic N) is 1. The molecule has 1 aliphatic heterocycles. The number of amides is 2. The highest BCUT2D eigenvalue weighted by molar-refractivity contribution is 6.37. The molecular weight excluding hydrogens is 330 g/mol. The van der Waals surface area contributed by atoms with Crippen LogP contribution in [0.1, 0.15) is 10.4 Å². The lowest BCUT2D eigenvalue weighted by Gasteiger charge is -2.29. The van der Waals surface area contributed by atoms with E-state index >= 15 is 0 Å². The van der Waals surface area contributed by atoms with E-state index in [-0.39, 0.29) is 28.1 Å². The SMILES string of the molecule is O=C1CN(C(=O)c2cc(F)c(Cl)cc2Cl)c2ccccc2N1. The Balaban J connectivity index is 2.06. The molecule has 0 saturated carbocycles. The third kappa shape index (κ3) is 2.53. The van der Waals surface area contributed by atoms with Gasteiger partial charge in [0.15, 0.2) is 0 Å². The second-order valence-corrected chi connectivity index (χ2v) is 5.52. The number of nitrogens with one attached hydrogen (secondary N) is 1. The van der Waals surface area contributed by atoms with Crippen LogP contribution in [0.15, 0.2) is 36.4 Å². The zero-order valence-electron chi connectivity index (χ0n) is 11.1. The molecule has 3 rings (SSSR count). The number of rotatable bonds is 1. The van der Waals surface area contributed by atoms with Gasteiger partial charge >= 0.3 is 0 Å². The van der Waals surface area contributed by atoms with Crippen molar-refractivity contribution in [3.05, 3.63) is 57.8 Å². The first kappa shape index (κ1) is 14.8. The maximum atomic E-state index is 13.6. The Morgan fingerprint density at radius 3 is 2.68 bits per heavy atom. The van der Waals surface area contributed by atoms with Crippen molar-refractivity contribution >= 4 is 46.4 Å². The van der Waals surface area contributed by atoms with Gasteiger partial charge in [0.05, 0.1) is 27.0 Å². The van der Waals surface area contributed by atoms with E-state index in [1.54, 1.807) is 24.3 Å². The van der Waals surface area contributed by atoms with Gasteiger partial charge in [-0.05, 0) is 24.3 Å². The molecule has 0 saturated heterocycles. The van der Waals surface area contributed by atoms with Crippen molar-refractivity contribution in [1.29, 1.82) is 0 Å². The van der Waals surface area contributed by atoms with Crippen molar-refractivity contribution in [2.75, 3.05) is 16.8 Å². The topological polar surface area (TPSA) is 49.4 Å². The average molecular weight is 339 g/mol. The van der Waals surface area contributed by atoms with E-state index in [0.29, 0.717) is 11.4 Å². The molecule has 2 amide bonds. The first-order chi connectivity index (χ1) is 10.5. The Morgan fingerprint density at radius 2 is 1.91 bits per heavy atom. The minimum atomic E-state index is -0.746. The summed E-state index contributed by atoms with van der Waals surface area (Å²) in [6, 6.07) is 8.98. The second-order valence-electron chi connectivity index (χ2n) is 4.70. The molecule has 112 valence electrons. The van der Waals surface area contributed by atoms with Gasteiger partial charge in [-0.15, -0.1) is 0 Å². The summed E-state index contributed by atoms with van der Waals surface area (Å²) in [6.07, 6.45) is 0. The van der Waals surface area contributed by atoms with E-state index in [4.69, 9.17) is 23.2 Å². The van der Waals surface area contributed by atoms with Crippen molar-refractivity contribution in [3.8, 4) is 0 Å². The molecule has 2 aromatic rings. The quantitative estimate of drug-likeness (QED) is 0.805. The fourth-order valence-electron chi connectivity index (χ4n) is 2.25. The van der Waals surface area contributed by atoms with Gasteiger partial charge in [-0.25, -0.2) is 4.39 Å². The smallest absolute Gasteiger partial charge is 0.260 e. The average Bonchev–Trinajstić information content (AvgIpc) is 2.49. The number of para-hydroxylation sites is 2. The molecule has 1 heterocycles. The molecule has 0 aromatic heterocycles. The molecular formula is C15H9Cl2FN2O2. The standard InChI is InChI=1S/C15H9Cl2FN2O2/c16-9-6-10(17)11(18)5-8(9)15(22)20-7-14(21)19-12-3-1-2-4-13(12)20/h1-6H,7H2,(H,19,21). The summed E-state index contributed by atoms with van der Waals surface area (Å²) in [5.74, 6) is -1.65. The van der Waals surface area contributed by atoms with Crippen LogP contribution in [-0.4, -0.2) is 18.4 Å². The maximum absolute atomic E-state index is 13.6. The monoisotopic (exact) mass is 338 g/mol. The number of fused-ring (bicyclic) bond motifs is 1. The number of hydrogen-bond donors (Lipinski definition) is 1. The Labute approximate surface area is 135 Å². The summed E-state index contributed by atoms with van der Waals surface area (Å²) in [4.78, 5) is 25.6. The lowest BCUT2D eigenvalue weighted by molar-refractivity contribution is -0.115. The molecule has 0 bridgehead atoms. The zero-order chi connectivity index (χ0) is 15.9. The van der Waals surface area contributed by atoms with Gasteiger partial charge in [0.25, 0.3) is 5.91 Å². The zero-order valence-corrected chi connectivity index (χ0v) is 12.6. The molecule has 0 unspecified atom stereocenters. The van der Waals surface area contributed by atoms with Crippen LogP contribution in [0, 0.1) is 5.82 Å². The predicted octanol–water partition coefficient (Wildman–Crippen LogP) is 3.73. The van der Waals surface area contributed by atoms with Gasteiger partial charge in [-0.1, -0.05) is 35.3 Å². The van der Waals surface area contributed by atoms with Crippen LogP contribution < -0.4 is 10.2 Å². The van der Waals surface area contributed by atoms with E-state index in [9.17, 15) is 14.0 Å². The summed E-state index contributed by atoms with van der Waals surface area (Å²) in [6.45, 7) is -0.170. The van der Waals surface area contributed by atoms with E-state index < -0.39 is 11.7 Å². The highest BCUT2D eigenvalue weighted by atomic mass is 35.5. The molecule has 4 nitrogen and oxygen atoms in total. The van der Waals surface area contributed by atoms with Crippen LogP contribution in [0.2, 0.25) is 10.0 Å². The molecule has 22 heavy (non-hydrogen) atoms. The van der Waals surface area contributed by atoms with Gasteiger partial charge < -0.3 is 5.32 Å².